The van der Waals surface area contributed by atoms with E-state index in [0.29, 0.717) is 41.5 Å². The Kier molecular flexibility index (Phi) is 5.09. The largest absolute Gasteiger partial charge is 0.466 e. The molecule has 0 amide bonds. The number of piperidine rings is 1. The van der Waals surface area contributed by atoms with Crippen LogP contribution in [0.15, 0.2) is 33.0 Å². The number of H-pyrrole nitrogens is 1. The molecule has 8 heteroatoms. The van der Waals surface area contributed by atoms with E-state index in [1.807, 2.05) is 18.4 Å². The van der Waals surface area contributed by atoms with Gasteiger partial charge in [-0.1, -0.05) is 0 Å². The van der Waals surface area contributed by atoms with Gasteiger partial charge < -0.3 is 14.1 Å². The van der Waals surface area contributed by atoms with Crippen LogP contribution in [-0.2, 0) is 16.1 Å². The van der Waals surface area contributed by atoms with E-state index in [2.05, 4.69) is 14.9 Å². The molecule has 142 valence electrons. The number of hydrogen-bond donors (Lipinski definition) is 1. The molecule has 0 aromatic carbocycles. The number of likely N-dealkylation sites (tertiary alicyclic amines) is 1. The van der Waals surface area contributed by atoms with Crippen LogP contribution in [-0.4, -0.2) is 40.5 Å². The second-order valence-electron chi connectivity index (χ2n) is 6.65. The highest BCUT2D eigenvalue weighted by molar-refractivity contribution is 7.17. The first-order chi connectivity index (χ1) is 13.2. The van der Waals surface area contributed by atoms with Crippen LogP contribution < -0.4 is 5.56 Å². The van der Waals surface area contributed by atoms with Crippen molar-refractivity contribution in [2.45, 2.75) is 26.3 Å². The van der Waals surface area contributed by atoms with Crippen molar-refractivity contribution >= 4 is 27.5 Å². The van der Waals surface area contributed by atoms with Gasteiger partial charge in [0.25, 0.3) is 5.56 Å². The summed E-state index contributed by atoms with van der Waals surface area (Å²) in [5.74, 6) is 1.03. The van der Waals surface area contributed by atoms with Crippen LogP contribution in [0.2, 0.25) is 0 Å². The lowest BCUT2D eigenvalue weighted by molar-refractivity contribution is -0.150. The van der Waals surface area contributed by atoms with E-state index in [1.165, 1.54) is 11.3 Å². The van der Waals surface area contributed by atoms with Crippen molar-refractivity contribution in [2.24, 2.45) is 5.92 Å². The Morgan fingerprint density at radius 2 is 2.41 bits per heavy atom. The van der Waals surface area contributed by atoms with Crippen LogP contribution in [0.4, 0.5) is 0 Å². The van der Waals surface area contributed by atoms with Crippen molar-refractivity contribution < 1.29 is 13.9 Å². The number of carbonyl (C=O) groups is 1. The number of furan rings is 1. The highest BCUT2D eigenvalue weighted by Crippen LogP contribution is 2.31. The van der Waals surface area contributed by atoms with Gasteiger partial charge in [-0.15, -0.1) is 11.3 Å². The van der Waals surface area contributed by atoms with Crippen molar-refractivity contribution in [3.05, 3.63) is 40.0 Å². The molecule has 0 spiro atoms. The zero-order valence-electron chi connectivity index (χ0n) is 15.1. The number of aromatic amines is 1. The first kappa shape index (κ1) is 17.9. The summed E-state index contributed by atoms with van der Waals surface area (Å²) < 4.78 is 10.6. The van der Waals surface area contributed by atoms with Crippen molar-refractivity contribution in [1.29, 1.82) is 0 Å². The molecule has 27 heavy (non-hydrogen) atoms. The maximum Gasteiger partial charge on any atom is 0.310 e. The maximum atomic E-state index is 12.7. The molecule has 4 heterocycles. The topological polar surface area (TPSA) is 88.4 Å². The van der Waals surface area contributed by atoms with Crippen molar-refractivity contribution in [2.75, 3.05) is 19.7 Å². The third kappa shape index (κ3) is 3.68. The number of fused-ring (bicyclic) bond motifs is 1. The third-order valence-electron chi connectivity index (χ3n) is 4.78. The first-order valence-corrected chi connectivity index (χ1v) is 9.97. The van der Waals surface area contributed by atoms with Crippen molar-refractivity contribution in [1.82, 2.24) is 14.9 Å². The standard InChI is InChI=1S/C19H21N3O4S/c1-2-25-19(24)12-5-3-7-22(9-12)10-15-20-17(23)16-13(11-27-18(16)21-15)14-6-4-8-26-14/h4,6,8,11-12H,2-3,5,7,9-10H2,1H3,(H,20,21,23). The molecule has 1 fully saturated rings. The number of rotatable bonds is 5. The van der Waals surface area contributed by atoms with Gasteiger partial charge in [0.2, 0.25) is 0 Å². The van der Waals surface area contributed by atoms with Gasteiger partial charge in [0.05, 0.1) is 30.7 Å². The number of carbonyl (C=O) groups excluding carboxylic acids is 1. The molecule has 7 nitrogen and oxygen atoms in total. The summed E-state index contributed by atoms with van der Waals surface area (Å²) in [6.07, 6.45) is 3.36. The first-order valence-electron chi connectivity index (χ1n) is 9.09. The van der Waals surface area contributed by atoms with Crippen LogP contribution in [0, 0.1) is 5.92 Å². The molecule has 4 rings (SSSR count). The predicted octanol–water partition coefficient (Wildman–Crippen LogP) is 3.02. The number of hydrogen-bond acceptors (Lipinski definition) is 7. The van der Waals surface area contributed by atoms with Gasteiger partial charge in [0, 0.05) is 17.5 Å². The molecular weight excluding hydrogens is 366 g/mol. The summed E-state index contributed by atoms with van der Waals surface area (Å²) in [4.78, 5) is 35.0. The molecule has 1 N–H and O–H groups in total. The molecule has 1 aliphatic rings. The molecule has 1 unspecified atom stereocenters. The van der Waals surface area contributed by atoms with Crippen molar-refractivity contribution in [3.63, 3.8) is 0 Å². The summed E-state index contributed by atoms with van der Waals surface area (Å²) in [5.41, 5.74) is 0.599. The molecule has 0 bridgehead atoms. The lowest BCUT2D eigenvalue weighted by Gasteiger charge is -2.30. The number of esters is 1. The Labute approximate surface area is 160 Å². The average molecular weight is 387 g/mol. The van der Waals surface area contributed by atoms with Crippen LogP contribution in [0.5, 0.6) is 0 Å². The number of aromatic nitrogens is 2. The molecule has 0 radical (unpaired) electrons. The van der Waals surface area contributed by atoms with E-state index in [-0.39, 0.29) is 17.4 Å². The highest BCUT2D eigenvalue weighted by atomic mass is 32.1. The molecule has 0 aliphatic carbocycles. The Morgan fingerprint density at radius 3 is 3.19 bits per heavy atom. The zero-order chi connectivity index (χ0) is 18.8. The van der Waals surface area contributed by atoms with Gasteiger partial charge >= 0.3 is 5.97 Å². The highest BCUT2D eigenvalue weighted by Gasteiger charge is 2.27. The number of ether oxygens (including phenoxy) is 1. The fraction of sp³-hybridized carbons (Fsp3) is 0.421. The Balaban J connectivity index is 1.55. The molecule has 1 saturated heterocycles. The minimum Gasteiger partial charge on any atom is -0.466 e. The Bertz CT molecular complexity index is 992. The van der Waals surface area contributed by atoms with E-state index in [0.717, 1.165) is 24.9 Å². The van der Waals surface area contributed by atoms with Gasteiger partial charge in [0.1, 0.15) is 16.4 Å². The van der Waals surface area contributed by atoms with E-state index in [1.54, 1.807) is 12.3 Å². The van der Waals surface area contributed by atoms with Gasteiger partial charge in [-0.3, -0.25) is 14.5 Å². The van der Waals surface area contributed by atoms with E-state index in [4.69, 9.17) is 9.15 Å². The monoisotopic (exact) mass is 387 g/mol. The summed E-state index contributed by atoms with van der Waals surface area (Å²) in [7, 11) is 0. The van der Waals surface area contributed by atoms with E-state index < -0.39 is 0 Å². The third-order valence-corrected chi connectivity index (χ3v) is 5.65. The molecule has 1 aliphatic heterocycles. The Morgan fingerprint density at radius 1 is 1.52 bits per heavy atom. The van der Waals surface area contributed by atoms with Gasteiger partial charge in [0.15, 0.2) is 0 Å². The fourth-order valence-electron chi connectivity index (χ4n) is 3.54. The minimum absolute atomic E-state index is 0.110. The maximum absolute atomic E-state index is 12.7. The summed E-state index contributed by atoms with van der Waals surface area (Å²) in [5, 5.41) is 2.45. The molecule has 1 atom stereocenters. The molecular formula is C19H21N3O4S. The smallest absolute Gasteiger partial charge is 0.310 e. The lowest BCUT2D eigenvalue weighted by Crippen LogP contribution is -2.39. The second-order valence-corrected chi connectivity index (χ2v) is 7.50. The summed E-state index contributed by atoms with van der Waals surface area (Å²) in [6, 6.07) is 3.63. The molecule has 3 aromatic heterocycles. The molecule has 0 saturated carbocycles. The Hall–Kier alpha value is -2.45. The van der Waals surface area contributed by atoms with Crippen molar-refractivity contribution in [3.8, 4) is 11.3 Å². The predicted molar refractivity (Wildman–Crippen MR) is 103 cm³/mol. The van der Waals surface area contributed by atoms with Crippen LogP contribution >= 0.6 is 11.3 Å². The van der Waals surface area contributed by atoms with Gasteiger partial charge in [-0.25, -0.2) is 4.98 Å². The summed E-state index contributed by atoms with van der Waals surface area (Å²) in [6.45, 7) is 4.23. The average Bonchev–Trinajstić information content (AvgIpc) is 3.31. The second kappa shape index (κ2) is 7.66. The molecule has 3 aromatic rings. The zero-order valence-corrected chi connectivity index (χ0v) is 15.9. The SMILES string of the molecule is CCOC(=O)C1CCCN(Cc2nc3scc(-c4ccco4)c3c(=O)[nH]2)C1. The van der Waals surface area contributed by atoms with Crippen LogP contribution in [0.3, 0.4) is 0 Å². The van der Waals surface area contributed by atoms with Gasteiger partial charge in [-0.05, 0) is 38.4 Å². The fourth-order valence-corrected chi connectivity index (χ4v) is 4.49. The lowest BCUT2D eigenvalue weighted by atomic mass is 9.98. The number of thiophene rings is 1. The van der Waals surface area contributed by atoms with E-state index in [9.17, 15) is 9.59 Å². The quantitative estimate of drug-likeness (QED) is 0.677. The number of nitrogens with one attached hydrogen (secondary N) is 1. The summed E-state index contributed by atoms with van der Waals surface area (Å²) >= 11 is 1.43. The number of nitrogens with zero attached hydrogens (tertiary/aromatic N) is 2. The van der Waals surface area contributed by atoms with E-state index >= 15 is 0 Å². The normalized spacial score (nSPS) is 18.0. The minimum atomic E-state index is -0.165. The van der Waals surface area contributed by atoms with Crippen LogP contribution in [0.1, 0.15) is 25.6 Å². The van der Waals surface area contributed by atoms with Gasteiger partial charge in [-0.2, -0.15) is 0 Å². The van der Waals surface area contributed by atoms with Crippen LogP contribution in [0.25, 0.3) is 21.5 Å².